The summed E-state index contributed by atoms with van der Waals surface area (Å²) in [6.45, 7) is 0. The summed E-state index contributed by atoms with van der Waals surface area (Å²) in [4.78, 5) is 8.40. The van der Waals surface area contributed by atoms with E-state index in [9.17, 15) is 0 Å². The number of rotatable bonds is 5. The number of aromatic nitrogens is 1. The zero-order chi connectivity index (χ0) is 13.5. The van der Waals surface area contributed by atoms with E-state index < -0.39 is 0 Å². The summed E-state index contributed by atoms with van der Waals surface area (Å²) in [5.74, 6) is 1.45. The third-order valence-electron chi connectivity index (χ3n) is 2.69. The maximum Gasteiger partial charge on any atom is 0.148 e. The number of aliphatic imine (C=N–C) groups is 1. The third-order valence-corrected chi connectivity index (χ3v) is 2.69. The van der Waals surface area contributed by atoms with E-state index in [4.69, 9.17) is 9.47 Å². The Bertz CT molecular complexity index is 553. The fourth-order valence-corrected chi connectivity index (χ4v) is 1.66. The van der Waals surface area contributed by atoms with Gasteiger partial charge in [0.15, 0.2) is 0 Å². The molecule has 1 aromatic carbocycles. The number of nitrogens with zero attached hydrogens (tertiary/aromatic N) is 2. The molecule has 0 aliphatic heterocycles. The van der Waals surface area contributed by atoms with Crippen LogP contribution >= 0.6 is 0 Å². The largest absolute Gasteiger partial charge is 0.497 e. The van der Waals surface area contributed by atoms with Gasteiger partial charge < -0.3 is 9.47 Å². The molecule has 98 valence electrons. The van der Waals surface area contributed by atoms with Crippen molar-refractivity contribution in [2.75, 3.05) is 14.2 Å². The van der Waals surface area contributed by atoms with Crippen molar-refractivity contribution in [2.45, 2.75) is 6.42 Å². The number of benzene rings is 1. The third kappa shape index (κ3) is 3.55. The molecule has 0 radical (unpaired) electrons. The molecule has 4 heteroatoms. The van der Waals surface area contributed by atoms with Crippen LogP contribution in [0, 0.1) is 0 Å². The van der Waals surface area contributed by atoms with Crippen LogP contribution in [-0.4, -0.2) is 25.4 Å². The van der Waals surface area contributed by atoms with Crippen LogP contribution in [-0.2, 0) is 6.42 Å². The second-order valence-corrected chi connectivity index (χ2v) is 3.91. The van der Waals surface area contributed by atoms with Gasteiger partial charge in [-0.15, -0.1) is 0 Å². The molecule has 0 saturated carbocycles. The molecule has 2 aromatic rings. The Morgan fingerprint density at radius 2 is 1.89 bits per heavy atom. The molecule has 2 rings (SSSR count). The fraction of sp³-hybridized carbons (Fsp3) is 0.200. The number of hydrogen-bond acceptors (Lipinski definition) is 4. The summed E-state index contributed by atoms with van der Waals surface area (Å²) < 4.78 is 10.4. The first-order valence-corrected chi connectivity index (χ1v) is 5.97. The Kier molecular flexibility index (Phi) is 4.50. The zero-order valence-corrected chi connectivity index (χ0v) is 11.0. The molecule has 0 unspecified atom stereocenters. The maximum absolute atomic E-state index is 5.29. The van der Waals surface area contributed by atoms with Crippen LogP contribution in [0.5, 0.6) is 11.5 Å². The number of pyridine rings is 1. The lowest BCUT2D eigenvalue weighted by Gasteiger charge is -2.06. The Morgan fingerprint density at radius 1 is 1.11 bits per heavy atom. The monoisotopic (exact) mass is 256 g/mol. The topological polar surface area (TPSA) is 43.7 Å². The van der Waals surface area contributed by atoms with Crippen molar-refractivity contribution in [1.82, 2.24) is 4.98 Å². The van der Waals surface area contributed by atoms with Crippen molar-refractivity contribution >= 4 is 11.9 Å². The van der Waals surface area contributed by atoms with Crippen molar-refractivity contribution in [2.24, 2.45) is 4.99 Å². The summed E-state index contributed by atoms with van der Waals surface area (Å²) in [6.07, 6.45) is 6.17. The summed E-state index contributed by atoms with van der Waals surface area (Å²) in [5, 5.41) is 0. The minimum Gasteiger partial charge on any atom is -0.497 e. The Balaban J connectivity index is 2.10. The van der Waals surface area contributed by atoms with Gasteiger partial charge in [0.2, 0.25) is 0 Å². The van der Waals surface area contributed by atoms with E-state index in [1.807, 2.05) is 36.5 Å². The van der Waals surface area contributed by atoms with Crippen LogP contribution in [0.2, 0.25) is 0 Å². The van der Waals surface area contributed by atoms with Gasteiger partial charge in [0, 0.05) is 31.1 Å². The maximum atomic E-state index is 5.29. The average molecular weight is 256 g/mol. The molecule has 0 amide bonds. The van der Waals surface area contributed by atoms with Crippen molar-refractivity contribution in [3.8, 4) is 11.5 Å². The predicted molar refractivity (Wildman–Crippen MR) is 75.6 cm³/mol. The van der Waals surface area contributed by atoms with Crippen LogP contribution in [0.1, 0.15) is 5.56 Å². The molecule has 0 aliphatic rings. The first-order chi connectivity index (χ1) is 9.33. The Labute approximate surface area is 112 Å². The highest BCUT2D eigenvalue weighted by molar-refractivity contribution is 5.69. The summed E-state index contributed by atoms with van der Waals surface area (Å²) >= 11 is 0. The van der Waals surface area contributed by atoms with Gasteiger partial charge in [-0.3, -0.25) is 9.98 Å². The molecule has 0 aliphatic carbocycles. The molecule has 0 fully saturated rings. The molecule has 19 heavy (non-hydrogen) atoms. The zero-order valence-electron chi connectivity index (χ0n) is 11.0. The first kappa shape index (κ1) is 13.1. The highest BCUT2D eigenvalue weighted by Gasteiger charge is 2.02. The minimum absolute atomic E-state index is 0.699. The Morgan fingerprint density at radius 3 is 2.58 bits per heavy atom. The highest BCUT2D eigenvalue weighted by atomic mass is 16.5. The lowest BCUT2D eigenvalue weighted by molar-refractivity contribution is 0.395. The van der Waals surface area contributed by atoms with Gasteiger partial charge in [0.1, 0.15) is 17.2 Å². The molecular formula is C15H16N2O2. The predicted octanol–water partition coefficient (Wildman–Crippen LogP) is 3.04. The molecule has 0 saturated heterocycles. The van der Waals surface area contributed by atoms with Crippen molar-refractivity contribution in [1.29, 1.82) is 0 Å². The van der Waals surface area contributed by atoms with Gasteiger partial charge in [0.05, 0.1) is 14.2 Å². The SMILES string of the molecule is COc1ccc(N=CCc2ccncc2)c(OC)c1. The molecule has 1 heterocycles. The molecule has 4 nitrogen and oxygen atoms in total. The van der Waals surface area contributed by atoms with E-state index in [1.165, 1.54) is 5.56 Å². The van der Waals surface area contributed by atoms with Crippen molar-refractivity contribution in [3.63, 3.8) is 0 Å². The van der Waals surface area contributed by atoms with E-state index in [2.05, 4.69) is 9.98 Å². The van der Waals surface area contributed by atoms with Gasteiger partial charge in [-0.25, -0.2) is 0 Å². The molecular weight excluding hydrogens is 240 g/mol. The van der Waals surface area contributed by atoms with E-state index in [0.29, 0.717) is 5.75 Å². The number of methoxy groups -OCH3 is 2. The van der Waals surface area contributed by atoms with Crippen LogP contribution in [0.3, 0.4) is 0 Å². The van der Waals surface area contributed by atoms with Gasteiger partial charge in [-0.2, -0.15) is 0 Å². The summed E-state index contributed by atoms with van der Waals surface area (Å²) in [6, 6.07) is 9.50. The minimum atomic E-state index is 0.699. The number of hydrogen-bond donors (Lipinski definition) is 0. The number of ether oxygens (including phenoxy) is 2. The van der Waals surface area contributed by atoms with Crippen molar-refractivity contribution < 1.29 is 9.47 Å². The molecule has 0 atom stereocenters. The van der Waals surface area contributed by atoms with Gasteiger partial charge in [-0.1, -0.05) is 0 Å². The molecule has 0 spiro atoms. The fourth-order valence-electron chi connectivity index (χ4n) is 1.66. The van der Waals surface area contributed by atoms with E-state index >= 15 is 0 Å². The Hall–Kier alpha value is -2.36. The first-order valence-electron chi connectivity index (χ1n) is 5.97. The average Bonchev–Trinajstić information content (AvgIpc) is 2.48. The standard InChI is InChI=1S/C15H16N2O2/c1-18-13-3-4-14(15(11-13)19-2)17-10-7-12-5-8-16-9-6-12/h3-6,8-11H,7H2,1-2H3. The second kappa shape index (κ2) is 6.54. The molecule has 0 N–H and O–H groups in total. The van der Waals surface area contributed by atoms with Crippen LogP contribution < -0.4 is 9.47 Å². The highest BCUT2D eigenvalue weighted by Crippen LogP contribution is 2.31. The summed E-state index contributed by atoms with van der Waals surface area (Å²) in [5.41, 5.74) is 1.96. The lowest BCUT2D eigenvalue weighted by atomic mass is 10.2. The lowest BCUT2D eigenvalue weighted by Crippen LogP contribution is -1.89. The van der Waals surface area contributed by atoms with Gasteiger partial charge in [0.25, 0.3) is 0 Å². The van der Waals surface area contributed by atoms with Crippen molar-refractivity contribution in [3.05, 3.63) is 48.3 Å². The van der Waals surface area contributed by atoms with Crippen LogP contribution in [0.4, 0.5) is 5.69 Å². The van der Waals surface area contributed by atoms with Gasteiger partial charge in [-0.05, 0) is 29.8 Å². The smallest absolute Gasteiger partial charge is 0.148 e. The van der Waals surface area contributed by atoms with Gasteiger partial charge >= 0.3 is 0 Å². The summed E-state index contributed by atoms with van der Waals surface area (Å²) in [7, 11) is 3.25. The second-order valence-electron chi connectivity index (χ2n) is 3.91. The normalized spacial score (nSPS) is 10.6. The van der Waals surface area contributed by atoms with E-state index in [1.54, 1.807) is 26.6 Å². The van der Waals surface area contributed by atoms with E-state index in [-0.39, 0.29) is 0 Å². The van der Waals surface area contributed by atoms with Crippen LogP contribution in [0.25, 0.3) is 0 Å². The molecule has 1 aromatic heterocycles. The van der Waals surface area contributed by atoms with E-state index in [0.717, 1.165) is 17.9 Å². The molecule has 0 bridgehead atoms. The quantitative estimate of drug-likeness (QED) is 0.772. The van der Waals surface area contributed by atoms with Crippen LogP contribution in [0.15, 0.2) is 47.7 Å².